The number of rotatable bonds is 5. The van der Waals surface area contributed by atoms with E-state index in [2.05, 4.69) is 15.0 Å². The lowest BCUT2D eigenvalue weighted by molar-refractivity contribution is -0.140. The highest BCUT2D eigenvalue weighted by molar-refractivity contribution is 5.94. The lowest BCUT2D eigenvalue weighted by Crippen LogP contribution is -2.26. The van der Waals surface area contributed by atoms with E-state index in [4.69, 9.17) is 0 Å². The van der Waals surface area contributed by atoms with E-state index in [-0.39, 0.29) is 24.5 Å². The first-order valence-electron chi connectivity index (χ1n) is 5.10. The van der Waals surface area contributed by atoms with E-state index in [0.29, 0.717) is 6.42 Å². The number of amides is 1. The van der Waals surface area contributed by atoms with Crippen LogP contribution in [0.1, 0.15) is 23.2 Å². The first kappa shape index (κ1) is 13.1. The topological polar surface area (TPSA) is 68.3 Å². The second-order valence-electron chi connectivity index (χ2n) is 3.28. The maximum atomic E-state index is 13.1. The molecular formula is C11H13FN2O3. The summed E-state index contributed by atoms with van der Waals surface area (Å²) in [5, 5.41) is 2.49. The van der Waals surface area contributed by atoms with Crippen LogP contribution in [0.2, 0.25) is 0 Å². The molecule has 92 valence electrons. The van der Waals surface area contributed by atoms with Gasteiger partial charge in [0, 0.05) is 19.2 Å². The summed E-state index contributed by atoms with van der Waals surface area (Å²) in [5.41, 5.74) is -0.106. The minimum Gasteiger partial charge on any atom is -0.469 e. The minimum absolute atomic E-state index is 0.106. The predicted molar refractivity (Wildman–Crippen MR) is 57.8 cm³/mol. The first-order valence-corrected chi connectivity index (χ1v) is 5.10. The lowest BCUT2D eigenvalue weighted by Gasteiger charge is -2.04. The molecule has 0 bridgehead atoms. The number of hydrogen-bond donors (Lipinski definition) is 1. The number of ether oxygens (including phenoxy) is 1. The van der Waals surface area contributed by atoms with Crippen molar-refractivity contribution in [2.24, 2.45) is 0 Å². The van der Waals surface area contributed by atoms with Gasteiger partial charge in [0.05, 0.1) is 12.7 Å². The fraction of sp³-hybridized carbons (Fsp3) is 0.364. The van der Waals surface area contributed by atoms with Gasteiger partial charge in [0.2, 0.25) is 5.95 Å². The Bertz CT molecular complexity index is 409. The number of methoxy groups -OCH3 is 1. The first-order chi connectivity index (χ1) is 8.15. The standard InChI is InChI=1S/C11H13FN2O3/c1-17-9(15)5-3-7-14-11(16)8-4-2-6-13-10(8)12/h2,4,6H,3,5,7H2,1H3,(H,14,16). The summed E-state index contributed by atoms with van der Waals surface area (Å²) in [7, 11) is 1.30. The normalized spacial score (nSPS) is 9.76. The van der Waals surface area contributed by atoms with Crippen molar-refractivity contribution in [1.29, 1.82) is 0 Å². The monoisotopic (exact) mass is 240 g/mol. The minimum atomic E-state index is -0.807. The van der Waals surface area contributed by atoms with Crippen LogP contribution in [0.25, 0.3) is 0 Å². The second kappa shape index (κ2) is 6.57. The summed E-state index contributed by atoms with van der Waals surface area (Å²) < 4.78 is 17.5. The van der Waals surface area contributed by atoms with Gasteiger partial charge in [-0.3, -0.25) is 9.59 Å². The fourth-order valence-electron chi connectivity index (χ4n) is 1.19. The molecule has 0 aliphatic rings. The molecule has 0 radical (unpaired) electrons. The zero-order chi connectivity index (χ0) is 12.7. The van der Waals surface area contributed by atoms with Crippen LogP contribution in [0.3, 0.4) is 0 Å². The Morgan fingerprint density at radius 3 is 2.94 bits per heavy atom. The molecule has 0 atom stereocenters. The molecule has 0 fully saturated rings. The summed E-state index contributed by atoms with van der Waals surface area (Å²) in [6, 6.07) is 2.82. The van der Waals surface area contributed by atoms with Gasteiger partial charge < -0.3 is 10.1 Å². The molecule has 0 aliphatic carbocycles. The van der Waals surface area contributed by atoms with Crippen LogP contribution in [-0.4, -0.2) is 30.5 Å². The van der Waals surface area contributed by atoms with Crippen molar-refractivity contribution in [2.75, 3.05) is 13.7 Å². The Morgan fingerprint density at radius 1 is 1.53 bits per heavy atom. The molecule has 0 saturated carbocycles. The average Bonchev–Trinajstić information content (AvgIpc) is 2.34. The van der Waals surface area contributed by atoms with Crippen molar-refractivity contribution in [3.05, 3.63) is 29.8 Å². The Kier molecular flexibility index (Phi) is 5.06. The average molecular weight is 240 g/mol. The number of nitrogens with one attached hydrogen (secondary N) is 1. The predicted octanol–water partition coefficient (Wildman–Crippen LogP) is 0.904. The molecular weight excluding hydrogens is 227 g/mol. The smallest absolute Gasteiger partial charge is 0.305 e. The number of carbonyl (C=O) groups is 2. The maximum Gasteiger partial charge on any atom is 0.305 e. The summed E-state index contributed by atoms with van der Waals surface area (Å²) in [4.78, 5) is 25.6. The van der Waals surface area contributed by atoms with Crippen LogP contribution in [-0.2, 0) is 9.53 Å². The molecule has 0 spiro atoms. The Morgan fingerprint density at radius 2 is 2.29 bits per heavy atom. The fourth-order valence-corrected chi connectivity index (χ4v) is 1.19. The van der Waals surface area contributed by atoms with E-state index in [1.54, 1.807) is 0 Å². The molecule has 1 N–H and O–H groups in total. The molecule has 0 aromatic carbocycles. The number of carbonyl (C=O) groups excluding carboxylic acids is 2. The Labute approximate surface area is 98.0 Å². The van der Waals surface area contributed by atoms with Gasteiger partial charge in [-0.15, -0.1) is 0 Å². The zero-order valence-electron chi connectivity index (χ0n) is 9.40. The summed E-state index contributed by atoms with van der Waals surface area (Å²) in [6.07, 6.45) is 1.93. The van der Waals surface area contributed by atoms with E-state index in [9.17, 15) is 14.0 Å². The van der Waals surface area contributed by atoms with Crippen LogP contribution >= 0.6 is 0 Å². The van der Waals surface area contributed by atoms with Crippen LogP contribution in [0.5, 0.6) is 0 Å². The number of aromatic nitrogens is 1. The molecule has 0 aliphatic heterocycles. The third kappa shape index (κ3) is 4.18. The van der Waals surface area contributed by atoms with Gasteiger partial charge in [0.15, 0.2) is 0 Å². The van der Waals surface area contributed by atoms with Gasteiger partial charge >= 0.3 is 5.97 Å². The van der Waals surface area contributed by atoms with Crippen LogP contribution in [0.4, 0.5) is 4.39 Å². The van der Waals surface area contributed by atoms with Crippen LogP contribution in [0, 0.1) is 5.95 Å². The van der Waals surface area contributed by atoms with E-state index < -0.39 is 11.9 Å². The molecule has 0 unspecified atom stereocenters. The summed E-state index contributed by atoms with van der Waals surface area (Å²) in [6.45, 7) is 0.280. The van der Waals surface area contributed by atoms with Crippen molar-refractivity contribution in [3.63, 3.8) is 0 Å². The number of nitrogens with zero attached hydrogens (tertiary/aromatic N) is 1. The van der Waals surface area contributed by atoms with Gasteiger partial charge in [-0.25, -0.2) is 4.98 Å². The van der Waals surface area contributed by atoms with Gasteiger partial charge in [-0.1, -0.05) is 0 Å². The molecule has 1 aromatic heterocycles. The number of hydrogen-bond acceptors (Lipinski definition) is 4. The second-order valence-corrected chi connectivity index (χ2v) is 3.28. The lowest BCUT2D eigenvalue weighted by atomic mass is 10.2. The molecule has 5 nitrogen and oxygen atoms in total. The molecule has 0 saturated heterocycles. The van der Waals surface area contributed by atoms with Gasteiger partial charge in [-0.2, -0.15) is 4.39 Å². The van der Waals surface area contributed by atoms with Gasteiger partial charge in [0.1, 0.15) is 0 Å². The maximum absolute atomic E-state index is 13.1. The molecule has 1 amide bonds. The molecule has 1 aromatic rings. The SMILES string of the molecule is COC(=O)CCCNC(=O)c1cccnc1F. The quantitative estimate of drug-likeness (QED) is 0.471. The highest BCUT2D eigenvalue weighted by Gasteiger charge is 2.11. The summed E-state index contributed by atoms with van der Waals surface area (Å²) in [5.74, 6) is -1.69. The Hall–Kier alpha value is -1.98. The van der Waals surface area contributed by atoms with Crippen molar-refractivity contribution < 1.29 is 18.7 Å². The molecule has 6 heteroatoms. The van der Waals surface area contributed by atoms with Crippen molar-refractivity contribution in [3.8, 4) is 0 Å². The molecule has 17 heavy (non-hydrogen) atoms. The van der Waals surface area contributed by atoms with E-state index in [0.717, 1.165) is 0 Å². The van der Waals surface area contributed by atoms with Crippen LogP contribution in [0.15, 0.2) is 18.3 Å². The highest BCUT2D eigenvalue weighted by Crippen LogP contribution is 2.02. The zero-order valence-corrected chi connectivity index (χ0v) is 9.40. The highest BCUT2D eigenvalue weighted by atomic mass is 19.1. The van der Waals surface area contributed by atoms with Gasteiger partial charge in [-0.05, 0) is 18.6 Å². The van der Waals surface area contributed by atoms with Gasteiger partial charge in [0.25, 0.3) is 5.91 Å². The van der Waals surface area contributed by atoms with Crippen molar-refractivity contribution in [1.82, 2.24) is 10.3 Å². The van der Waals surface area contributed by atoms with Crippen molar-refractivity contribution >= 4 is 11.9 Å². The molecule has 1 heterocycles. The Balaban J connectivity index is 2.36. The van der Waals surface area contributed by atoms with E-state index in [1.165, 1.54) is 25.4 Å². The molecule has 1 rings (SSSR count). The number of halogens is 1. The summed E-state index contributed by atoms with van der Waals surface area (Å²) >= 11 is 0. The van der Waals surface area contributed by atoms with E-state index >= 15 is 0 Å². The number of pyridine rings is 1. The van der Waals surface area contributed by atoms with Crippen molar-refractivity contribution in [2.45, 2.75) is 12.8 Å². The largest absolute Gasteiger partial charge is 0.469 e. The third-order valence-corrected chi connectivity index (χ3v) is 2.07. The number of esters is 1. The third-order valence-electron chi connectivity index (χ3n) is 2.07. The van der Waals surface area contributed by atoms with Crippen LogP contribution < -0.4 is 5.32 Å². The van der Waals surface area contributed by atoms with E-state index in [1.807, 2.05) is 0 Å².